The van der Waals surface area contributed by atoms with Crippen LogP contribution in [0.25, 0.3) is 0 Å². The van der Waals surface area contributed by atoms with Crippen LogP contribution in [0.15, 0.2) is 23.1 Å². The van der Waals surface area contributed by atoms with E-state index in [0.29, 0.717) is 11.3 Å². The van der Waals surface area contributed by atoms with E-state index < -0.39 is 9.84 Å². The summed E-state index contributed by atoms with van der Waals surface area (Å²) in [5.74, 6) is 0.171. The maximum absolute atomic E-state index is 11.7. The van der Waals surface area contributed by atoms with Crippen molar-refractivity contribution in [1.82, 2.24) is 0 Å². The van der Waals surface area contributed by atoms with Crippen LogP contribution in [-0.4, -0.2) is 14.2 Å². The number of hydrogen-bond donors (Lipinski definition) is 1. The molecule has 0 saturated carbocycles. The summed E-state index contributed by atoms with van der Waals surface area (Å²) in [7, 11) is -3.07. The SMILES string of the molecule is Cc1ccc2c(c1)C(N)CCS2(=O)=O. The summed E-state index contributed by atoms with van der Waals surface area (Å²) < 4.78 is 23.3. The molecule has 1 heterocycles. The number of sulfone groups is 1. The van der Waals surface area contributed by atoms with Gasteiger partial charge in [-0.3, -0.25) is 0 Å². The minimum Gasteiger partial charge on any atom is -0.324 e. The third-order valence-electron chi connectivity index (χ3n) is 2.60. The van der Waals surface area contributed by atoms with Crippen molar-refractivity contribution in [3.8, 4) is 0 Å². The molecule has 1 aromatic rings. The second-order valence-corrected chi connectivity index (χ2v) is 5.83. The molecule has 0 radical (unpaired) electrons. The van der Waals surface area contributed by atoms with E-state index in [0.717, 1.165) is 11.1 Å². The van der Waals surface area contributed by atoms with Crippen molar-refractivity contribution in [2.75, 3.05) is 5.75 Å². The van der Waals surface area contributed by atoms with Gasteiger partial charge in [-0.1, -0.05) is 17.7 Å². The number of rotatable bonds is 0. The van der Waals surface area contributed by atoms with Gasteiger partial charge in [-0.2, -0.15) is 0 Å². The molecule has 0 bridgehead atoms. The molecule has 0 saturated heterocycles. The van der Waals surface area contributed by atoms with Crippen LogP contribution in [0.1, 0.15) is 23.6 Å². The topological polar surface area (TPSA) is 60.2 Å². The van der Waals surface area contributed by atoms with Gasteiger partial charge < -0.3 is 5.73 Å². The first-order valence-corrected chi connectivity index (χ1v) is 6.25. The van der Waals surface area contributed by atoms with E-state index in [1.807, 2.05) is 19.1 Å². The van der Waals surface area contributed by atoms with E-state index in [2.05, 4.69) is 0 Å². The van der Waals surface area contributed by atoms with E-state index in [4.69, 9.17) is 5.73 Å². The lowest BCUT2D eigenvalue weighted by Crippen LogP contribution is -2.24. The first-order chi connectivity index (χ1) is 6.50. The molecule has 1 aliphatic heterocycles. The third kappa shape index (κ3) is 1.44. The van der Waals surface area contributed by atoms with Crippen molar-refractivity contribution >= 4 is 9.84 Å². The number of aryl methyl sites for hydroxylation is 1. The zero-order chi connectivity index (χ0) is 10.3. The van der Waals surface area contributed by atoms with Crippen LogP contribution in [0, 0.1) is 6.92 Å². The van der Waals surface area contributed by atoms with Crippen LogP contribution in [0.3, 0.4) is 0 Å². The average Bonchev–Trinajstić information content (AvgIpc) is 2.12. The van der Waals surface area contributed by atoms with Gasteiger partial charge in [-0.25, -0.2) is 8.42 Å². The second kappa shape index (κ2) is 3.07. The van der Waals surface area contributed by atoms with Gasteiger partial charge in [0, 0.05) is 6.04 Å². The molecule has 14 heavy (non-hydrogen) atoms. The Bertz CT molecular complexity index is 465. The van der Waals surface area contributed by atoms with Crippen molar-refractivity contribution in [2.24, 2.45) is 5.73 Å². The van der Waals surface area contributed by atoms with Crippen LogP contribution in [0.2, 0.25) is 0 Å². The van der Waals surface area contributed by atoms with Crippen LogP contribution in [0.5, 0.6) is 0 Å². The number of nitrogens with two attached hydrogens (primary N) is 1. The maximum Gasteiger partial charge on any atom is 0.178 e. The highest BCUT2D eigenvalue weighted by atomic mass is 32.2. The molecule has 0 spiro atoms. The van der Waals surface area contributed by atoms with E-state index in [1.165, 1.54) is 0 Å². The first kappa shape index (κ1) is 9.68. The smallest absolute Gasteiger partial charge is 0.178 e. The van der Waals surface area contributed by atoms with Gasteiger partial charge in [0.15, 0.2) is 9.84 Å². The van der Waals surface area contributed by atoms with Crippen LogP contribution in [0.4, 0.5) is 0 Å². The molecule has 76 valence electrons. The Balaban J connectivity index is 2.69. The van der Waals surface area contributed by atoms with E-state index in [9.17, 15) is 8.42 Å². The summed E-state index contributed by atoms with van der Waals surface area (Å²) in [4.78, 5) is 0.418. The molecule has 1 aliphatic rings. The van der Waals surface area contributed by atoms with E-state index >= 15 is 0 Å². The highest BCUT2D eigenvalue weighted by molar-refractivity contribution is 7.91. The summed E-state index contributed by atoms with van der Waals surface area (Å²) in [6.07, 6.45) is 0.527. The van der Waals surface area contributed by atoms with Gasteiger partial charge in [-0.15, -0.1) is 0 Å². The lowest BCUT2D eigenvalue weighted by Gasteiger charge is -2.22. The number of hydrogen-bond acceptors (Lipinski definition) is 3. The van der Waals surface area contributed by atoms with Crippen LogP contribution in [-0.2, 0) is 9.84 Å². The Labute approximate surface area is 83.9 Å². The Morgan fingerprint density at radius 2 is 2.14 bits per heavy atom. The molecular weight excluding hydrogens is 198 g/mol. The maximum atomic E-state index is 11.7. The lowest BCUT2D eigenvalue weighted by molar-refractivity contribution is 0.568. The minimum absolute atomic E-state index is 0.131. The molecule has 1 aromatic carbocycles. The highest BCUT2D eigenvalue weighted by Gasteiger charge is 2.27. The molecule has 0 fully saturated rings. The van der Waals surface area contributed by atoms with Crippen molar-refractivity contribution in [3.63, 3.8) is 0 Å². The molecule has 2 rings (SSSR count). The zero-order valence-electron chi connectivity index (χ0n) is 8.03. The summed E-state index contributed by atoms with van der Waals surface area (Å²) in [5, 5.41) is 0. The standard InChI is InChI=1S/C10H13NO2S/c1-7-2-3-10-8(6-7)9(11)4-5-14(10,12)13/h2-3,6,9H,4-5,11H2,1H3. The molecule has 3 nitrogen and oxygen atoms in total. The van der Waals surface area contributed by atoms with Crippen LogP contribution >= 0.6 is 0 Å². The van der Waals surface area contributed by atoms with Gasteiger partial charge in [0.25, 0.3) is 0 Å². The fourth-order valence-electron chi connectivity index (χ4n) is 1.79. The van der Waals surface area contributed by atoms with Crippen molar-refractivity contribution in [1.29, 1.82) is 0 Å². The van der Waals surface area contributed by atoms with Crippen molar-refractivity contribution in [3.05, 3.63) is 29.3 Å². The summed E-state index contributed by atoms with van der Waals surface area (Å²) in [6, 6.07) is 5.22. The number of benzene rings is 1. The summed E-state index contributed by atoms with van der Waals surface area (Å²) in [6.45, 7) is 1.94. The quantitative estimate of drug-likeness (QED) is 0.700. The molecule has 0 amide bonds. The van der Waals surface area contributed by atoms with Gasteiger partial charge in [0.2, 0.25) is 0 Å². The normalized spacial score (nSPS) is 24.3. The molecule has 4 heteroatoms. The average molecular weight is 211 g/mol. The number of fused-ring (bicyclic) bond motifs is 1. The largest absolute Gasteiger partial charge is 0.324 e. The Morgan fingerprint density at radius 1 is 1.43 bits per heavy atom. The molecule has 1 unspecified atom stereocenters. The van der Waals surface area contributed by atoms with Gasteiger partial charge >= 0.3 is 0 Å². The van der Waals surface area contributed by atoms with Crippen LogP contribution < -0.4 is 5.73 Å². The lowest BCUT2D eigenvalue weighted by atomic mass is 10.0. The Kier molecular flexibility index (Phi) is 2.12. The fraction of sp³-hybridized carbons (Fsp3) is 0.400. The summed E-state index contributed by atoms with van der Waals surface area (Å²) in [5.41, 5.74) is 7.70. The Hall–Kier alpha value is -0.870. The Morgan fingerprint density at radius 3 is 2.86 bits per heavy atom. The van der Waals surface area contributed by atoms with E-state index in [-0.39, 0.29) is 11.8 Å². The fourth-order valence-corrected chi connectivity index (χ4v) is 3.42. The highest BCUT2D eigenvalue weighted by Crippen LogP contribution is 2.30. The first-order valence-electron chi connectivity index (χ1n) is 4.59. The van der Waals surface area contributed by atoms with Gasteiger partial charge in [0.1, 0.15) is 0 Å². The van der Waals surface area contributed by atoms with Gasteiger partial charge in [0.05, 0.1) is 10.6 Å². The predicted octanol–water partition coefficient (Wildman–Crippen LogP) is 1.17. The molecule has 0 aliphatic carbocycles. The summed E-state index contributed by atoms with van der Waals surface area (Å²) >= 11 is 0. The minimum atomic E-state index is -3.07. The van der Waals surface area contributed by atoms with E-state index in [1.54, 1.807) is 6.07 Å². The zero-order valence-corrected chi connectivity index (χ0v) is 8.84. The molecular formula is C10H13NO2S. The molecule has 2 N–H and O–H groups in total. The predicted molar refractivity (Wildman–Crippen MR) is 54.8 cm³/mol. The van der Waals surface area contributed by atoms with Crippen molar-refractivity contribution < 1.29 is 8.42 Å². The van der Waals surface area contributed by atoms with Gasteiger partial charge in [-0.05, 0) is 25.0 Å². The molecule has 1 atom stereocenters. The van der Waals surface area contributed by atoms with Crippen molar-refractivity contribution in [2.45, 2.75) is 24.3 Å². The molecule has 0 aromatic heterocycles. The third-order valence-corrected chi connectivity index (χ3v) is 4.41. The second-order valence-electron chi connectivity index (χ2n) is 3.76. The monoisotopic (exact) mass is 211 g/mol.